The minimum absolute atomic E-state index is 0.0138. The molecule has 0 aromatic heterocycles. The average molecular weight is 337 g/mol. The monoisotopic (exact) mass is 337 g/mol. The number of fused-ring (bicyclic) bond motifs is 1. The Labute approximate surface area is 148 Å². The van der Waals surface area contributed by atoms with Crippen LogP contribution in [0.4, 0.5) is 5.69 Å². The van der Waals surface area contributed by atoms with Crippen LogP contribution in [0.15, 0.2) is 42.5 Å². The summed E-state index contributed by atoms with van der Waals surface area (Å²) in [7, 11) is 0. The third-order valence-corrected chi connectivity index (χ3v) is 4.51. The maximum Gasteiger partial charge on any atom is 0.227 e. The van der Waals surface area contributed by atoms with Crippen LogP contribution in [-0.4, -0.2) is 24.8 Å². The van der Waals surface area contributed by atoms with Crippen LogP contribution in [0.2, 0.25) is 0 Å². The number of anilines is 1. The molecule has 4 heteroatoms. The largest absolute Gasteiger partial charge is 0.490 e. The number of aryl methyl sites for hydroxylation is 2. The van der Waals surface area contributed by atoms with Crippen LogP contribution in [-0.2, 0) is 11.2 Å². The Balaban J connectivity index is 1.66. The molecule has 3 rings (SSSR count). The quantitative estimate of drug-likeness (QED) is 0.776. The predicted octanol–water partition coefficient (Wildman–Crippen LogP) is 3.95. The lowest BCUT2D eigenvalue weighted by molar-refractivity contribution is -0.119. The molecule has 0 unspecified atom stereocenters. The molecule has 1 aliphatic rings. The molecule has 2 aromatic rings. The molecule has 0 spiro atoms. The maximum atomic E-state index is 12.7. The maximum absolute atomic E-state index is 12.7. The van der Waals surface area contributed by atoms with Gasteiger partial charge in [0.2, 0.25) is 5.91 Å². The molecule has 1 amide bonds. The van der Waals surface area contributed by atoms with Gasteiger partial charge in [-0.1, -0.05) is 29.8 Å². The molecule has 4 nitrogen and oxygen atoms in total. The number of rotatable bonds is 5. The Morgan fingerprint density at radius 2 is 1.88 bits per heavy atom. The van der Waals surface area contributed by atoms with Crippen molar-refractivity contribution in [2.45, 2.75) is 33.1 Å². The van der Waals surface area contributed by atoms with E-state index in [0.717, 1.165) is 12.8 Å². The summed E-state index contributed by atoms with van der Waals surface area (Å²) < 4.78 is 5.62. The van der Waals surface area contributed by atoms with Gasteiger partial charge in [0, 0.05) is 12.0 Å². The summed E-state index contributed by atoms with van der Waals surface area (Å²) in [5, 5.41) is 0. The zero-order chi connectivity index (χ0) is 17.8. The molecule has 0 aliphatic carbocycles. The molecular weight excluding hydrogens is 314 g/mol. The molecule has 0 N–H and O–H groups in total. The number of carbonyl (C=O) groups is 2. The van der Waals surface area contributed by atoms with E-state index in [1.165, 1.54) is 18.1 Å². The zero-order valence-electron chi connectivity index (χ0n) is 14.7. The normalized spacial score (nSPS) is 13.1. The van der Waals surface area contributed by atoms with Gasteiger partial charge in [-0.15, -0.1) is 0 Å². The predicted molar refractivity (Wildman–Crippen MR) is 98.4 cm³/mol. The highest BCUT2D eigenvalue weighted by Gasteiger charge is 2.24. The molecule has 1 aliphatic heterocycles. The van der Waals surface area contributed by atoms with Crippen molar-refractivity contribution in [1.29, 1.82) is 0 Å². The molecule has 130 valence electrons. The Hall–Kier alpha value is -2.62. The molecule has 0 saturated heterocycles. The minimum atomic E-state index is -0.0138. The SMILES string of the molecule is CC(=O)c1ccc2c(c1)N(C(=O)CCCc1ccc(C)cc1)CCO2. The van der Waals surface area contributed by atoms with Crippen LogP contribution in [0.25, 0.3) is 0 Å². The van der Waals surface area contributed by atoms with E-state index in [1.54, 1.807) is 23.1 Å². The van der Waals surface area contributed by atoms with E-state index < -0.39 is 0 Å². The summed E-state index contributed by atoms with van der Waals surface area (Å²) in [4.78, 5) is 26.0. The van der Waals surface area contributed by atoms with Crippen LogP contribution in [0, 0.1) is 6.92 Å². The molecular formula is C21H23NO3. The Morgan fingerprint density at radius 1 is 1.12 bits per heavy atom. The lowest BCUT2D eigenvalue weighted by atomic mass is 10.1. The van der Waals surface area contributed by atoms with Gasteiger partial charge < -0.3 is 9.64 Å². The fourth-order valence-electron chi connectivity index (χ4n) is 3.03. The van der Waals surface area contributed by atoms with Gasteiger partial charge in [-0.2, -0.15) is 0 Å². The topological polar surface area (TPSA) is 46.6 Å². The van der Waals surface area contributed by atoms with Crippen molar-refractivity contribution in [3.8, 4) is 5.75 Å². The van der Waals surface area contributed by atoms with Gasteiger partial charge in [-0.25, -0.2) is 0 Å². The van der Waals surface area contributed by atoms with Gasteiger partial charge in [-0.05, 0) is 50.5 Å². The van der Waals surface area contributed by atoms with Crippen LogP contribution < -0.4 is 9.64 Å². The highest BCUT2D eigenvalue weighted by atomic mass is 16.5. The van der Waals surface area contributed by atoms with E-state index in [9.17, 15) is 9.59 Å². The second-order valence-electron chi connectivity index (χ2n) is 6.47. The van der Waals surface area contributed by atoms with Crippen LogP contribution in [0.1, 0.15) is 41.3 Å². The van der Waals surface area contributed by atoms with Gasteiger partial charge in [0.05, 0.1) is 12.2 Å². The average Bonchev–Trinajstić information content (AvgIpc) is 2.62. The fourth-order valence-corrected chi connectivity index (χ4v) is 3.03. The van der Waals surface area contributed by atoms with E-state index in [2.05, 4.69) is 31.2 Å². The van der Waals surface area contributed by atoms with Gasteiger partial charge in [0.1, 0.15) is 12.4 Å². The lowest BCUT2D eigenvalue weighted by Gasteiger charge is -2.30. The molecule has 2 aromatic carbocycles. The number of ether oxygens (including phenoxy) is 1. The summed E-state index contributed by atoms with van der Waals surface area (Å²) in [5.41, 5.74) is 3.80. The summed E-state index contributed by atoms with van der Waals surface area (Å²) >= 11 is 0. The fraction of sp³-hybridized carbons (Fsp3) is 0.333. The van der Waals surface area contributed by atoms with Crippen LogP contribution in [0.3, 0.4) is 0 Å². The van der Waals surface area contributed by atoms with Crippen LogP contribution >= 0.6 is 0 Å². The van der Waals surface area contributed by atoms with Crippen molar-refractivity contribution < 1.29 is 14.3 Å². The molecule has 0 radical (unpaired) electrons. The summed E-state index contributed by atoms with van der Waals surface area (Å²) in [6.45, 7) is 4.60. The van der Waals surface area contributed by atoms with Crippen molar-refractivity contribution in [2.24, 2.45) is 0 Å². The summed E-state index contributed by atoms with van der Waals surface area (Å²) in [6, 6.07) is 13.7. The number of hydrogen-bond donors (Lipinski definition) is 0. The molecule has 25 heavy (non-hydrogen) atoms. The Bertz CT molecular complexity index is 780. The minimum Gasteiger partial charge on any atom is -0.490 e. The first-order chi connectivity index (χ1) is 12.0. The summed E-state index contributed by atoms with van der Waals surface area (Å²) in [5.74, 6) is 0.737. The lowest BCUT2D eigenvalue weighted by Crippen LogP contribution is -2.38. The Kier molecular flexibility index (Phi) is 5.17. The number of carbonyl (C=O) groups excluding carboxylic acids is 2. The smallest absolute Gasteiger partial charge is 0.227 e. The van der Waals surface area contributed by atoms with Gasteiger partial charge in [0.15, 0.2) is 5.78 Å². The van der Waals surface area contributed by atoms with Gasteiger partial charge in [0.25, 0.3) is 0 Å². The number of hydrogen-bond acceptors (Lipinski definition) is 3. The second-order valence-corrected chi connectivity index (χ2v) is 6.47. The van der Waals surface area contributed by atoms with E-state index in [4.69, 9.17) is 4.74 Å². The number of benzene rings is 2. The van der Waals surface area contributed by atoms with Crippen molar-refractivity contribution in [3.05, 3.63) is 59.2 Å². The highest BCUT2D eigenvalue weighted by molar-refractivity contribution is 5.99. The van der Waals surface area contributed by atoms with Crippen molar-refractivity contribution >= 4 is 17.4 Å². The molecule has 1 heterocycles. The highest BCUT2D eigenvalue weighted by Crippen LogP contribution is 2.33. The summed E-state index contributed by atoms with van der Waals surface area (Å²) in [6.07, 6.45) is 2.18. The van der Waals surface area contributed by atoms with E-state index >= 15 is 0 Å². The molecule has 0 saturated carbocycles. The van der Waals surface area contributed by atoms with Crippen molar-refractivity contribution in [3.63, 3.8) is 0 Å². The first-order valence-electron chi connectivity index (χ1n) is 8.68. The van der Waals surface area contributed by atoms with Crippen molar-refractivity contribution in [2.75, 3.05) is 18.1 Å². The standard InChI is InChI=1S/C21H23NO3/c1-15-6-8-17(9-7-15)4-3-5-21(24)22-12-13-25-20-11-10-18(16(2)23)14-19(20)22/h6-11,14H,3-5,12-13H2,1-2H3. The van der Waals surface area contributed by atoms with Crippen LogP contribution in [0.5, 0.6) is 5.75 Å². The first kappa shape index (κ1) is 17.2. The molecule has 0 bridgehead atoms. The number of nitrogens with zero attached hydrogens (tertiary/aromatic N) is 1. The van der Waals surface area contributed by atoms with E-state index in [-0.39, 0.29) is 11.7 Å². The number of ketones is 1. The van der Waals surface area contributed by atoms with E-state index in [1.807, 2.05) is 0 Å². The molecule has 0 fully saturated rings. The first-order valence-corrected chi connectivity index (χ1v) is 8.68. The van der Waals surface area contributed by atoms with Gasteiger partial charge in [-0.3, -0.25) is 9.59 Å². The third kappa shape index (κ3) is 4.08. The van der Waals surface area contributed by atoms with Gasteiger partial charge >= 0.3 is 0 Å². The van der Waals surface area contributed by atoms with E-state index in [0.29, 0.717) is 36.6 Å². The third-order valence-electron chi connectivity index (χ3n) is 4.51. The number of Topliss-reactive ketones (excluding diaryl/α,β-unsaturated/α-hetero) is 1. The molecule has 0 atom stereocenters. The number of amides is 1. The Morgan fingerprint density at radius 3 is 2.60 bits per heavy atom. The zero-order valence-corrected chi connectivity index (χ0v) is 14.7. The second kappa shape index (κ2) is 7.51. The van der Waals surface area contributed by atoms with Crippen molar-refractivity contribution in [1.82, 2.24) is 0 Å².